The number of rotatable bonds is 5. The molecule has 2 N–H and O–H groups in total. The molecule has 1 aliphatic heterocycles. The predicted molar refractivity (Wildman–Crippen MR) is 90.6 cm³/mol. The van der Waals surface area contributed by atoms with Gasteiger partial charge in [0.15, 0.2) is 0 Å². The van der Waals surface area contributed by atoms with Crippen molar-refractivity contribution in [3.8, 4) is 5.69 Å². The lowest BCUT2D eigenvalue weighted by Gasteiger charge is -2.32. The monoisotopic (exact) mass is 315 g/mol. The number of aromatic nitrogens is 3. The van der Waals surface area contributed by atoms with E-state index in [1.54, 1.807) is 7.11 Å². The van der Waals surface area contributed by atoms with Crippen LogP contribution in [0.5, 0.6) is 0 Å². The molecule has 0 spiro atoms. The molecule has 6 heteroatoms. The second kappa shape index (κ2) is 7.10. The zero-order chi connectivity index (χ0) is 16.2. The summed E-state index contributed by atoms with van der Waals surface area (Å²) in [5, 5.41) is 8.37. The van der Waals surface area contributed by atoms with E-state index in [-0.39, 0.29) is 0 Å². The van der Waals surface area contributed by atoms with Crippen molar-refractivity contribution >= 4 is 5.69 Å². The second-order valence-electron chi connectivity index (χ2n) is 6.22. The lowest BCUT2D eigenvalue weighted by atomic mass is 9.99. The third-order valence-electron chi connectivity index (χ3n) is 4.56. The van der Waals surface area contributed by atoms with Gasteiger partial charge < -0.3 is 15.4 Å². The maximum atomic E-state index is 5.73. The zero-order valence-electron chi connectivity index (χ0n) is 13.9. The van der Waals surface area contributed by atoms with Crippen LogP contribution in [-0.4, -0.2) is 35.2 Å². The Morgan fingerprint density at radius 2 is 1.83 bits per heavy atom. The third-order valence-corrected chi connectivity index (χ3v) is 4.56. The number of nitrogens with zero attached hydrogens (tertiary/aromatic N) is 4. The first-order valence-electron chi connectivity index (χ1n) is 8.20. The Balaban J connectivity index is 1.81. The quantitative estimate of drug-likeness (QED) is 0.915. The summed E-state index contributed by atoms with van der Waals surface area (Å²) < 4.78 is 7.07. The first-order chi connectivity index (χ1) is 11.2. The minimum Gasteiger partial charge on any atom is -0.378 e. The molecule has 1 fully saturated rings. The number of ether oxygens (including phenoxy) is 1. The topological polar surface area (TPSA) is 69.2 Å². The van der Waals surface area contributed by atoms with Gasteiger partial charge in [0.05, 0.1) is 18.0 Å². The SMILES string of the molecule is COCc1c(CN)nnn1-c1ccc(N2CCC(C)CC2)cc1. The number of nitrogens with two attached hydrogens (primary N) is 1. The third kappa shape index (κ3) is 3.38. The molecular weight excluding hydrogens is 290 g/mol. The molecule has 1 aromatic carbocycles. The van der Waals surface area contributed by atoms with E-state index in [0.717, 1.165) is 36.1 Å². The van der Waals surface area contributed by atoms with Gasteiger partial charge in [0.1, 0.15) is 5.69 Å². The molecular formula is C17H25N5O. The summed E-state index contributed by atoms with van der Waals surface area (Å²) in [6, 6.07) is 8.49. The molecule has 1 saturated heterocycles. The largest absolute Gasteiger partial charge is 0.378 e. The standard InChI is InChI=1S/C17H25N5O/c1-13-7-9-21(10-8-13)14-3-5-15(6-4-14)22-17(12-23-2)16(11-18)19-20-22/h3-6,13H,7-12,18H2,1-2H3. The highest BCUT2D eigenvalue weighted by atomic mass is 16.5. The van der Waals surface area contributed by atoms with Crippen LogP contribution >= 0.6 is 0 Å². The van der Waals surface area contributed by atoms with Crippen molar-refractivity contribution < 1.29 is 4.74 Å². The Labute approximate surface area is 137 Å². The molecule has 1 aliphatic rings. The number of anilines is 1. The van der Waals surface area contributed by atoms with Gasteiger partial charge in [0, 0.05) is 32.4 Å². The molecule has 0 unspecified atom stereocenters. The van der Waals surface area contributed by atoms with Crippen LogP contribution in [0.3, 0.4) is 0 Å². The van der Waals surface area contributed by atoms with Crippen LogP contribution in [0.15, 0.2) is 24.3 Å². The molecule has 0 radical (unpaired) electrons. The normalized spacial score (nSPS) is 16.0. The fourth-order valence-electron chi connectivity index (χ4n) is 3.05. The molecule has 1 aromatic heterocycles. The van der Waals surface area contributed by atoms with Crippen molar-refractivity contribution in [1.29, 1.82) is 0 Å². The molecule has 23 heavy (non-hydrogen) atoms. The molecule has 2 aromatic rings. The Kier molecular flexibility index (Phi) is 4.93. The minimum atomic E-state index is 0.364. The van der Waals surface area contributed by atoms with Gasteiger partial charge in [0.2, 0.25) is 0 Å². The van der Waals surface area contributed by atoms with Crippen molar-refractivity contribution in [1.82, 2.24) is 15.0 Å². The summed E-state index contributed by atoms with van der Waals surface area (Å²) in [7, 11) is 1.66. The van der Waals surface area contributed by atoms with E-state index in [1.807, 2.05) is 4.68 Å². The number of methoxy groups -OCH3 is 1. The van der Waals surface area contributed by atoms with Crippen molar-refractivity contribution in [2.24, 2.45) is 11.7 Å². The summed E-state index contributed by atoms with van der Waals surface area (Å²) in [5.41, 5.74) is 9.67. The van der Waals surface area contributed by atoms with E-state index in [0.29, 0.717) is 13.2 Å². The predicted octanol–water partition coefficient (Wildman–Crippen LogP) is 2.11. The van der Waals surface area contributed by atoms with Gasteiger partial charge in [-0.1, -0.05) is 12.1 Å². The number of hydrogen-bond acceptors (Lipinski definition) is 5. The van der Waals surface area contributed by atoms with E-state index in [9.17, 15) is 0 Å². The smallest absolute Gasteiger partial charge is 0.102 e. The molecule has 0 aliphatic carbocycles. The highest BCUT2D eigenvalue weighted by Crippen LogP contribution is 2.24. The van der Waals surface area contributed by atoms with Crippen LogP contribution in [0, 0.1) is 5.92 Å². The number of hydrogen-bond donors (Lipinski definition) is 1. The molecule has 3 rings (SSSR count). The molecule has 0 atom stereocenters. The molecule has 0 bridgehead atoms. The summed E-state index contributed by atoms with van der Waals surface area (Å²) in [6.45, 7) is 5.41. The maximum Gasteiger partial charge on any atom is 0.102 e. The van der Waals surface area contributed by atoms with E-state index < -0.39 is 0 Å². The van der Waals surface area contributed by atoms with E-state index >= 15 is 0 Å². The summed E-state index contributed by atoms with van der Waals surface area (Å²) >= 11 is 0. The minimum absolute atomic E-state index is 0.364. The summed E-state index contributed by atoms with van der Waals surface area (Å²) in [4.78, 5) is 2.45. The fraction of sp³-hybridized carbons (Fsp3) is 0.529. The first-order valence-corrected chi connectivity index (χ1v) is 8.20. The van der Waals surface area contributed by atoms with Gasteiger partial charge in [-0.3, -0.25) is 0 Å². The molecule has 6 nitrogen and oxygen atoms in total. The molecule has 0 amide bonds. The fourth-order valence-corrected chi connectivity index (χ4v) is 3.05. The summed E-state index contributed by atoms with van der Waals surface area (Å²) in [5.74, 6) is 0.840. The van der Waals surface area contributed by atoms with E-state index in [4.69, 9.17) is 10.5 Å². The van der Waals surface area contributed by atoms with E-state index in [2.05, 4.69) is 46.4 Å². The Bertz CT molecular complexity index is 629. The number of benzene rings is 1. The van der Waals surface area contributed by atoms with Crippen LogP contribution in [-0.2, 0) is 17.9 Å². The van der Waals surface area contributed by atoms with Crippen molar-refractivity contribution in [2.45, 2.75) is 32.9 Å². The van der Waals surface area contributed by atoms with Gasteiger partial charge in [-0.25, -0.2) is 4.68 Å². The van der Waals surface area contributed by atoms with E-state index in [1.165, 1.54) is 18.5 Å². The second-order valence-corrected chi connectivity index (χ2v) is 6.22. The van der Waals surface area contributed by atoms with Crippen molar-refractivity contribution in [3.05, 3.63) is 35.7 Å². The Morgan fingerprint density at radius 1 is 1.17 bits per heavy atom. The number of piperidine rings is 1. The average Bonchev–Trinajstić information content (AvgIpc) is 2.99. The Morgan fingerprint density at radius 3 is 2.43 bits per heavy atom. The lowest BCUT2D eigenvalue weighted by Crippen LogP contribution is -2.32. The van der Waals surface area contributed by atoms with Crippen LogP contribution < -0.4 is 10.6 Å². The van der Waals surface area contributed by atoms with Crippen molar-refractivity contribution in [3.63, 3.8) is 0 Å². The maximum absolute atomic E-state index is 5.73. The molecule has 2 heterocycles. The zero-order valence-corrected chi connectivity index (χ0v) is 13.9. The lowest BCUT2D eigenvalue weighted by molar-refractivity contribution is 0.178. The van der Waals surface area contributed by atoms with Gasteiger partial charge in [-0.05, 0) is 43.0 Å². The average molecular weight is 315 g/mol. The van der Waals surface area contributed by atoms with Crippen molar-refractivity contribution in [2.75, 3.05) is 25.1 Å². The van der Waals surface area contributed by atoms with Crippen LogP contribution in [0.1, 0.15) is 31.2 Å². The summed E-state index contributed by atoms with van der Waals surface area (Å²) in [6.07, 6.45) is 2.53. The molecule has 124 valence electrons. The first kappa shape index (κ1) is 16.0. The van der Waals surface area contributed by atoms with Gasteiger partial charge in [-0.2, -0.15) is 0 Å². The van der Waals surface area contributed by atoms with Gasteiger partial charge in [0.25, 0.3) is 0 Å². The highest BCUT2D eigenvalue weighted by Gasteiger charge is 2.17. The Hall–Kier alpha value is -1.92. The van der Waals surface area contributed by atoms with Gasteiger partial charge >= 0.3 is 0 Å². The highest BCUT2D eigenvalue weighted by molar-refractivity contribution is 5.51. The van der Waals surface area contributed by atoms with Crippen LogP contribution in [0.25, 0.3) is 5.69 Å². The van der Waals surface area contributed by atoms with Crippen LogP contribution in [0.2, 0.25) is 0 Å². The molecule has 0 saturated carbocycles. The van der Waals surface area contributed by atoms with Gasteiger partial charge in [-0.15, -0.1) is 5.10 Å². The van der Waals surface area contributed by atoms with Crippen LogP contribution in [0.4, 0.5) is 5.69 Å².